The summed E-state index contributed by atoms with van der Waals surface area (Å²) in [5.74, 6) is 2.20. The summed E-state index contributed by atoms with van der Waals surface area (Å²) in [5.41, 5.74) is 1.05. The number of nitrogens with one attached hydrogen (secondary N) is 1. The Labute approximate surface area is 116 Å². The SMILES string of the molecule is Cc1cc(CN2CC(C(C)C)NCC2C(C)C)no1. The highest BCUT2D eigenvalue weighted by Gasteiger charge is 2.31. The van der Waals surface area contributed by atoms with Gasteiger partial charge in [-0.2, -0.15) is 0 Å². The molecule has 4 nitrogen and oxygen atoms in total. The fourth-order valence-corrected chi connectivity index (χ4v) is 2.84. The summed E-state index contributed by atoms with van der Waals surface area (Å²) in [6, 6.07) is 3.19. The Morgan fingerprint density at radius 1 is 1.37 bits per heavy atom. The fraction of sp³-hybridized carbons (Fsp3) is 0.800. The van der Waals surface area contributed by atoms with E-state index >= 15 is 0 Å². The van der Waals surface area contributed by atoms with Gasteiger partial charge >= 0.3 is 0 Å². The van der Waals surface area contributed by atoms with Crippen LogP contribution in [0.1, 0.15) is 39.1 Å². The van der Waals surface area contributed by atoms with E-state index in [1.807, 2.05) is 13.0 Å². The van der Waals surface area contributed by atoms with Crippen LogP contribution in [-0.2, 0) is 6.54 Å². The molecular formula is C15H27N3O. The number of rotatable bonds is 4. The molecule has 1 fully saturated rings. The minimum absolute atomic E-state index is 0.572. The molecule has 0 aromatic carbocycles. The van der Waals surface area contributed by atoms with Gasteiger partial charge in [-0.15, -0.1) is 0 Å². The number of aromatic nitrogens is 1. The molecule has 108 valence electrons. The van der Waals surface area contributed by atoms with Crippen molar-refractivity contribution >= 4 is 0 Å². The zero-order valence-corrected chi connectivity index (χ0v) is 12.8. The molecule has 1 N–H and O–H groups in total. The van der Waals surface area contributed by atoms with Crippen LogP contribution >= 0.6 is 0 Å². The van der Waals surface area contributed by atoms with Crippen molar-refractivity contribution in [3.63, 3.8) is 0 Å². The monoisotopic (exact) mass is 265 g/mol. The lowest BCUT2D eigenvalue weighted by Gasteiger charge is -2.43. The van der Waals surface area contributed by atoms with Gasteiger partial charge in [0, 0.05) is 37.8 Å². The number of piperazine rings is 1. The first-order chi connectivity index (χ1) is 8.97. The molecule has 4 heteroatoms. The Hall–Kier alpha value is -0.870. The highest BCUT2D eigenvalue weighted by molar-refractivity contribution is 5.04. The van der Waals surface area contributed by atoms with Crippen LogP contribution in [0.4, 0.5) is 0 Å². The van der Waals surface area contributed by atoms with Gasteiger partial charge in [0.05, 0.1) is 5.69 Å². The van der Waals surface area contributed by atoms with Crippen LogP contribution in [0, 0.1) is 18.8 Å². The van der Waals surface area contributed by atoms with Gasteiger partial charge < -0.3 is 9.84 Å². The largest absolute Gasteiger partial charge is 0.361 e. The molecule has 1 aliphatic rings. The molecule has 0 aliphatic carbocycles. The van der Waals surface area contributed by atoms with E-state index in [2.05, 4.69) is 43.1 Å². The van der Waals surface area contributed by atoms with Gasteiger partial charge in [0.15, 0.2) is 0 Å². The second-order valence-electron chi connectivity index (χ2n) is 6.43. The molecule has 1 aromatic rings. The predicted molar refractivity (Wildman–Crippen MR) is 76.9 cm³/mol. The van der Waals surface area contributed by atoms with Crippen molar-refractivity contribution in [2.24, 2.45) is 11.8 Å². The van der Waals surface area contributed by atoms with Crippen LogP contribution in [0.3, 0.4) is 0 Å². The second kappa shape index (κ2) is 6.06. The van der Waals surface area contributed by atoms with E-state index in [1.54, 1.807) is 0 Å². The zero-order valence-electron chi connectivity index (χ0n) is 12.8. The van der Waals surface area contributed by atoms with Crippen molar-refractivity contribution in [1.82, 2.24) is 15.4 Å². The lowest BCUT2D eigenvalue weighted by atomic mass is 9.94. The molecule has 0 spiro atoms. The molecule has 2 heterocycles. The van der Waals surface area contributed by atoms with Gasteiger partial charge in [-0.05, 0) is 18.8 Å². The standard InChI is InChI=1S/C15H27N3O/c1-10(2)14-9-18(15(7-16-14)11(3)4)8-13-6-12(5)19-17-13/h6,10-11,14-16H,7-9H2,1-5H3. The Kier molecular flexibility index (Phi) is 4.63. The Morgan fingerprint density at radius 3 is 2.63 bits per heavy atom. The third kappa shape index (κ3) is 3.57. The van der Waals surface area contributed by atoms with Crippen LogP contribution in [0.5, 0.6) is 0 Å². The van der Waals surface area contributed by atoms with E-state index in [0.717, 1.165) is 31.1 Å². The Bertz CT molecular complexity index is 400. The van der Waals surface area contributed by atoms with Gasteiger partial charge in [-0.25, -0.2) is 0 Å². The molecule has 0 radical (unpaired) electrons. The van der Waals surface area contributed by atoms with E-state index in [1.165, 1.54) is 0 Å². The van der Waals surface area contributed by atoms with Crippen molar-refractivity contribution < 1.29 is 4.52 Å². The van der Waals surface area contributed by atoms with Gasteiger partial charge in [-0.3, -0.25) is 4.90 Å². The van der Waals surface area contributed by atoms with Crippen LogP contribution in [0.15, 0.2) is 10.6 Å². The quantitative estimate of drug-likeness (QED) is 0.908. The summed E-state index contributed by atoms with van der Waals surface area (Å²) in [5, 5.41) is 7.82. The van der Waals surface area contributed by atoms with Gasteiger partial charge in [0.25, 0.3) is 0 Å². The maximum absolute atomic E-state index is 5.18. The first-order valence-corrected chi connectivity index (χ1v) is 7.37. The molecule has 2 rings (SSSR count). The van der Waals surface area contributed by atoms with Crippen LogP contribution in [0.2, 0.25) is 0 Å². The summed E-state index contributed by atoms with van der Waals surface area (Å²) in [4.78, 5) is 2.56. The lowest BCUT2D eigenvalue weighted by molar-refractivity contribution is 0.0762. The number of hydrogen-bond donors (Lipinski definition) is 1. The van der Waals surface area contributed by atoms with Crippen LogP contribution < -0.4 is 5.32 Å². The summed E-state index contributed by atoms with van der Waals surface area (Å²) < 4.78 is 5.18. The second-order valence-corrected chi connectivity index (χ2v) is 6.43. The van der Waals surface area contributed by atoms with Crippen molar-refractivity contribution in [3.8, 4) is 0 Å². The maximum Gasteiger partial charge on any atom is 0.133 e. The van der Waals surface area contributed by atoms with Gasteiger partial charge in [0.1, 0.15) is 5.76 Å². The van der Waals surface area contributed by atoms with E-state index < -0.39 is 0 Å². The third-order valence-corrected chi connectivity index (χ3v) is 4.11. The van der Waals surface area contributed by atoms with Crippen molar-refractivity contribution in [2.45, 2.75) is 53.2 Å². The lowest BCUT2D eigenvalue weighted by Crippen LogP contribution is -2.59. The fourth-order valence-electron chi connectivity index (χ4n) is 2.84. The van der Waals surface area contributed by atoms with Crippen LogP contribution in [0.25, 0.3) is 0 Å². The minimum Gasteiger partial charge on any atom is -0.361 e. The van der Waals surface area contributed by atoms with E-state index in [9.17, 15) is 0 Å². The molecule has 1 saturated heterocycles. The molecule has 0 bridgehead atoms. The first kappa shape index (κ1) is 14.5. The molecular weight excluding hydrogens is 238 g/mol. The molecule has 0 amide bonds. The third-order valence-electron chi connectivity index (χ3n) is 4.11. The average Bonchev–Trinajstić information content (AvgIpc) is 2.74. The molecule has 1 aromatic heterocycles. The highest BCUT2D eigenvalue weighted by Crippen LogP contribution is 2.20. The molecule has 2 unspecified atom stereocenters. The number of hydrogen-bond acceptors (Lipinski definition) is 4. The Morgan fingerprint density at radius 2 is 2.11 bits per heavy atom. The van der Waals surface area contributed by atoms with Gasteiger partial charge in [-0.1, -0.05) is 32.9 Å². The summed E-state index contributed by atoms with van der Waals surface area (Å²) in [6.45, 7) is 14.2. The zero-order chi connectivity index (χ0) is 14.0. The summed E-state index contributed by atoms with van der Waals surface area (Å²) in [6.07, 6.45) is 0. The number of aryl methyl sites for hydroxylation is 1. The average molecular weight is 265 g/mol. The van der Waals surface area contributed by atoms with E-state index in [-0.39, 0.29) is 0 Å². The summed E-state index contributed by atoms with van der Waals surface area (Å²) in [7, 11) is 0. The minimum atomic E-state index is 0.572. The van der Waals surface area contributed by atoms with Crippen LogP contribution in [-0.4, -0.2) is 35.2 Å². The summed E-state index contributed by atoms with van der Waals surface area (Å²) >= 11 is 0. The molecule has 2 atom stereocenters. The van der Waals surface area contributed by atoms with Gasteiger partial charge in [0.2, 0.25) is 0 Å². The maximum atomic E-state index is 5.18. The molecule has 0 saturated carbocycles. The smallest absolute Gasteiger partial charge is 0.133 e. The molecule has 19 heavy (non-hydrogen) atoms. The topological polar surface area (TPSA) is 41.3 Å². The highest BCUT2D eigenvalue weighted by atomic mass is 16.5. The Balaban J connectivity index is 2.07. The van der Waals surface area contributed by atoms with E-state index in [0.29, 0.717) is 23.9 Å². The normalized spacial score (nSPS) is 25.4. The van der Waals surface area contributed by atoms with Crippen molar-refractivity contribution in [2.75, 3.05) is 13.1 Å². The van der Waals surface area contributed by atoms with Crippen molar-refractivity contribution in [1.29, 1.82) is 0 Å². The van der Waals surface area contributed by atoms with Crippen molar-refractivity contribution in [3.05, 3.63) is 17.5 Å². The molecule has 1 aliphatic heterocycles. The van der Waals surface area contributed by atoms with E-state index in [4.69, 9.17) is 4.52 Å². The number of nitrogens with zero attached hydrogens (tertiary/aromatic N) is 2. The predicted octanol–water partition coefficient (Wildman–Crippen LogP) is 2.44. The first-order valence-electron chi connectivity index (χ1n) is 7.37.